The maximum absolute atomic E-state index is 12.3. The number of hydrogen-bond acceptors (Lipinski definition) is 5. The molecule has 3 rings (SSSR count). The molecule has 0 saturated heterocycles. The maximum atomic E-state index is 12.3. The summed E-state index contributed by atoms with van der Waals surface area (Å²) in [5, 5.41) is 8.19. The van der Waals surface area contributed by atoms with Crippen LogP contribution >= 0.6 is 0 Å². The smallest absolute Gasteiger partial charge is 0.342 e. The number of hydrogen-bond donors (Lipinski definition) is 0. The fourth-order valence-corrected chi connectivity index (χ4v) is 2.46. The van der Waals surface area contributed by atoms with E-state index in [1.54, 1.807) is 10.7 Å². The zero-order chi connectivity index (χ0) is 17.1. The third-order valence-corrected chi connectivity index (χ3v) is 3.88. The average molecular weight is 325 g/mol. The molecule has 0 saturated carbocycles. The molecule has 0 spiro atoms. The predicted molar refractivity (Wildman–Crippen MR) is 88.0 cm³/mol. The Bertz CT molecular complexity index is 864. The fourth-order valence-electron chi connectivity index (χ4n) is 2.46. The van der Waals surface area contributed by atoms with Crippen molar-refractivity contribution in [1.82, 2.24) is 14.9 Å². The molecule has 0 aliphatic heterocycles. The molecule has 1 aromatic carbocycles. The SMILES string of the molecule is CCc1cc(COC(=O)c2cnn(-c3ccccc3C)c2C)no1. The lowest BCUT2D eigenvalue weighted by molar-refractivity contribution is 0.0463. The average Bonchev–Trinajstić information content (AvgIpc) is 3.20. The van der Waals surface area contributed by atoms with E-state index >= 15 is 0 Å². The van der Waals surface area contributed by atoms with Crippen molar-refractivity contribution in [2.75, 3.05) is 0 Å². The molecule has 0 radical (unpaired) electrons. The summed E-state index contributed by atoms with van der Waals surface area (Å²) in [5.41, 5.74) is 3.81. The number of rotatable bonds is 5. The van der Waals surface area contributed by atoms with Gasteiger partial charge in [-0.1, -0.05) is 30.3 Å². The Hall–Kier alpha value is -2.89. The molecule has 0 N–H and O–H groups in total. The quantitative estimate of drug-likeness (QED) is 0.672. The van der Waals surface area contributed by atoms with Crippen molar-refractivity contribution in [3.63, 3.8) is 0 Å². The summed E-state index contributed by atoms with van der Waals surface area (Å²) < 4.78 is 12.2. The normalized spacial score (nSPS) is 10.8. The van der Waals surface area contributed by atoms with Gasteiger partial charge >= 0.3 is 5.97 Å². The summed E-state index contributed by atoms with van der Waals surface area (Å²) in [7, 11) is 0. The van der Waals surface area contributed by atoms with Crippen LogP contribution in [0.4, 0.5) is 0 Å². The van der Waals surface area contributed by atoms with Crippen LogP contribution in [0.25, 0.3) is 5.69 Å². The first-order valence-corrected chi connectivity index (χ1v) is 7.82. The van der Waals surface area contributed by atoms with Crippen molar-refractivity contribution in [3.05, 3.63) is 64.8 Å². The Balaban J connectivity index is 1.75. The molecule has 0 bridgehead atoms. The molecule has 0 atom stereocenters. The van der Waals surface area contributed by atoms with Crippen LogP contribution in [0.2, 0.25) is 0 Å². The molecule has 6 heteroatoms. The minimum Gasteiger partial charge on any atom is -0.455 e. The van der Waals surface area contributed by atoms with Gasteiger partial charge in [0.1, 0.15) is 23.6 Å². The third kappa shape index (κ3) is 3.08. The van der Waals surface area contributed by atoms with Crippen LogP contribution < -0.4 is 0 Å². The van der Waals surface area contributed by atoms with Gasteiger partial charge in [-0.25, -0.2) is 9.48 Å². The molecule has 0 aliphatic rings. The van der Waals surface area contributed by atoms with Crippen molar-refractivity contribution in [2.24, 2.45) is 0 Å². The highest BCUT2D eigenvalue weighted by atomic mass is 16.5. The minimum absolute atomic E-state index is 0.0807. The molecule has 6 nitrogen and oxygen atoms in total. The second-order valence-corrected chi connectivity index (χ2v) is 5.56. The van der Waals surface area contributed by atoms with Gasteiger partial charge < -0.3 is 9.26 Å². The van der Waals surface area contributed by atoms with Crippen molar-refractivity contribution in [1.29, 1.82) is 0 Å². The maximum Gasteiger partial charge on any atom is 0.342 e. The van der Waals surface area contributed by atoms with E-state index in [2.05, 4.69) is 10.3 Å². The molecule has 2 aromatic heterocycles. The van der Waals surface area contributed by atoms with Gasteiger partial charge in [-0.3, -0.25) is 0 Å². The molecular weight excluding hydrogens is 306 g/mol. The first-order valence-electron chi connectivity index (χ1n) is 7.82. The standard InChI is InChI=1S/C18H19N3O3/c1-4-15-9-14(20-24-15)11-23-18(22)16-10-19-21(13(16)3)17-8-6-5-7-12(17)2/h5-10H,4,11H2,1-3H3. The summed E-state index contributed by atoms with van der Waals surface area (Å²) in [6.07, 6.45) is 2.29. The largest absolute Gasteiger partial charge is 0.455 e. The van der Waals surface area contributed by atoms with Crippen LogP contribution in [0, 0.1) is 13.8 Å². The Morgan fingerprint density at radius 2 is 2.08 bits per heavy atom. The van der Waals surface area contributed by atoms with Gasteiger partial charge in [0.2, 0.25) is 0 Å². The molecule has 2 heterocycles. The Labute approximate surface area is 140 Å². The highest BCUT2D eigenvalue weighted by molar-refractivity contribution is 5.90. The van der Waals surface area contributed by atoms with Gasteiger partial charge in [0.25, 0.3) is 0 Å². The monoisotopic (exact) mass is 325 g/mol. The topological polar surface area (TPSA) is 70.2 Å². The molecule has 0 fully saturated rings. The lowest BCUT2D eigenvalue weighted by Gasteiger charge is -2.08. The van der Waals surface area contributed by atoms with Crippen LogP contribution in [0.5, 0.6) is 0 Å². The highest BCUT2D eigenvalue weighted by Gasteiger charge is 2.18. The number of para-hydroxylation sites is 1. The fraction of sp³-hybridized carbons (Fsp3) is 0.278. The van der Waals surface area contributed by atoms with Crippen molar-refractivity contribution < 1.29 is 14.1 Å². The van der Waals surface area contributed by atoms with E-state index in [4.69, 9.17) is 9.26 Å². The number of nitrogens with zero attached hydrogens (tertiary/aromatic N) is 3. The second-order valence-electron chi connectivity index (χ2n) is 5.56. The number of esters is 1. The van der Waals surface area contributed by atoms with E-state index in [-0.39, 0.29) is 6.61 Å². The first-order chi connectivity index (χ1) is 11.6. The van der Waals surface area contributed by atoms with E-state index in [0.717, 1.165) is 29.1 Å². The first kappa shape index (κ1) is 16.0. The summed E-state index contributed by atoms with van der Waals surface area (Å²) in [6.45, 7) is 5.91. The van der Waals surface area contributed by atoms with Crippen LogP contribution in [0.1, 0.15) is 40.0 Å². The lowest BCUT2D eigenvalue weighted by atomic mass is 10.2. The van der Waals surface area contributed by atoms with Gasteiger partial charge in [0.05, 0.1) is 17.6 Å². The van der Waals surface area contributed by atoms with Crippen molar-refractivity contribution in [2.45, 2.75) is 33.8 Å². The summed E-state index contributed by atoms with van der Waals surface area (Å²) in [4.78, 5) is 12.3. The van der Waals surface area contributed by atoms with E-state index in [9.17, 15) is 4.79 Å². The number of aromatic nitrogens is 3. The number of benzene rings is 1. The van der Waals surface area contributed by atoms with Crippen molar-refractivity contribution in [3.8, 4) is 5.69 Å². The van der Waals surface area contributed by atoms with E-state index in [1.807, 2.05) is 45.0 Å². The Kier molecular flexibility index (Phi) is 4.46. The van der Waals surface area contributed by atoms with E-state index in [1.165, 1.54) is 6.20 Å². The molecular formula is C18H19N3O3. The van der Waals surface area contributed by atoms with Crippen LogP contribution in [-0.4, -0.2) is 20.9 Å². The Morgan fingerprint density at radius 3 is 2.79 bits per heavy atom. The lowest BCUT2D eigenvalue weighted by Crippen LogP contribution is -2.08. The summed E-state index contributed by atoms with van der Waals surface area (Å²) in [6, 6.07) is 9.67. The number of carbonyl (C=O) groups excluding carboxylic acids is 1. The van der Waals surface area contributed by atoms with Crippen LogP contribution in [0.3, 0.4) is 0 Å². The van der Waals surface area contributed by atoms with Crippen LogP contribution in [0.15, 0.2) is 41.1 Å². The third-order valence-electron chi connectivity index (χ3n) is 3.88. The zero-order valence-electron chi connectivity index (χ0n) is 13.9. The minimum atomic E-state index is -0.423. The molecule has 124 valence electrons. The number of carbonyl (C=O) groups is 1. The van der Waals surface area contributed by atoms with E-state index in [0.29, 0.717) is 11.3 Å². The summed E-state index contributed by atoms with van der Waals surface area (Å²) in [5.74, 6) is 0.345. The molecule has 24 heavy (non-hydrogen) atoms. The molecule has 3 aromatic rings. The predicted octanol–water partition coefficient (Wildman–Crippen LogP) is 3.40. The van der Waals surface area contributed by atoms with Gasteiger partial charge in [-0.15, -0.1) is 0 Å². The second kappa shape index (κ2) is 6.70. The highest BCUT2D eigenvalue weighted by Crippen LogP contribution is 2.18. The van der Waals surface area contributed by atoms with Crippen molar-refractivity contribution >= 4 is 5.97 Å². The number of aryl methyl sites for hydroxylation is 2. The van der Waals surface area contributed by atoms with Crippen LogP contribution in [-0.2, 0) is 17.8 Å². The van der Waals surface area contributed by atoms with Gasteiger partial charge in [0.15, 0.2) is 0 Å². The molecule has 0 aliphatic carbocycles. The number of ether oxygens (including phenoxy) is 1. The van der Waals surface area contributed by atoms with Gasteiger partial charge in [-0.05, 0) is 25.5 Å². The summed E-state index contributed by atoms with van der Waals surface area (Å²) >= 11 is 0. The van der Waals surface area contributed by atoms with Gasteiger partial charge in [-0.2, -0.15) is 5.10 Å². The zero-order valence-corrected chi connectivity index (χ0v) is 13.9. The molecule has 0 amide bonds. The van der Waals surface area contributed by atoms with E-state index < -0.39 is 5.97 Å². The van der Waals surface area contributed by atoms with Gasteiger partial charge in [0, 0.05) is 12.5 Å². The molecule has 0 unspecified atom stereocenters. The Morgan fingerprint density at radius 1 is 1.29 bits per heavy atom.